The first-order chi connectivity index (χ1) is 29.7. The predicted molar refractivity (Wildman–Crippen MR) is 252 cm³/mol. The van der Waals surface area contributed by atoms with E-state index in [4.69, 9.17) is 0 Å². The highest BCUT2D eigenvalue weighted by Gasteiger charge is 2.56. The lowest BCUT2D eigenvalue weighted by Crippen LogP contribution is -2.32. The molecule has 0 heterocycles. The Morgan fingerprint density at radius 1 is 0.367 bits per heavy atom. The second kappa shape index (κ2) is 14.1. The second-order valence-electron chi connectivity index (χ2n) is 17.2. The maximum absolute atomic E-state index is 2.58. The first-order valence-corrected chi connectivity index (χ1v) is 21.7. The van der Waals surface area contributed by atoms with Crippen LogP contribution < -0.4 is 4.90 Å². The van der Waals surface area contributed by atoms with E-state index < -0.39 is 0 Å². The third-order valence-electron chi connectivity index (χ3n) is 14.2. The maximum atomic E-state index is 2.58. The number of rotatable bonds is 7. The number of anilines is 3. The van der Waals surface area contributed by atoms with Crippen LogP contribution in [-0.4, -0.2) is 0 Å². The molecular weight excluding hydrogens is 723 g/mol. The van der Waals surface area contributed by atoms with E-state index in [1.807, 2.05) is 0 Å². The fourth-order valence-electron chi connectivity index (χ4n) is 11.6. The van der Waals surface area contributed by atoms with Crippen molar-refractivity contribution in [3.8, 4) is 55.6 Å². The standard InChI is InChI=1S/C59H45N/c1-2-15-43(16-3-1)49-18-6-7-19-50(49)51-20-8-9-21-52(51)55-23-11-13-25-58(55)60(47-32-29-42(30-33-47)45-28-27-41-14-4-5-17-44(41)37-45)48-34-35-54-53-22-10-12-24-56(53)59(57(54)38-48)39-40-26-31-46(59)36-40/h1-25,27-30,32-35,37-38,40,46H,26,31,36,39H2. The van der Waals surface area contributed by atoms with Crippen molar-refractivity contribution >= 4 is 27.8 Å². The normalized spacial score (nSPS) is 18.5. The van der Waals surface area contributed by atoms with Crippen molar-refractivity contribution in [3.05, 3.63) is 223 Å². The van der Waals surface area contributed by atoms with Gasteiger partial charge in [-0.1, -0.05) is 182 Å². The minimum absolute atomic E-state index is 0.0870. The van der Waals surface area contributed by atoms with Gasteiger partial charge in [-0.15, -0.1) is 0 Å². The van der Waals surface area contributed by atoms with E-state index in [-0.39, 0.29) is 5.41 Å². The number of benzene rings is 9. The van der Waals surface area contributed by atoms with Crippen LogP contribution in [0.25, 0.3) is 66.4 Å². The molecule has 2 saturated carbocycles. The molecule has 60 heavy (non-hydrogen) atoms. The van der Waals surface area contributed by atoms with E-state index in [0.29, 0.717) is 5.92 Å². The number of fused-ring (bicyclic) bond motifs is 9. The molecule has 2 bridgehead atoms. The zero-order valence-corrected chi connectivity index (χ0v) is 33.6. The van der Waals surface area contributed by atoms with E-state index in [9.17, 15) is 0 Å². The molecule has 3 unspecified atom stereocenters. The van der Waals surface area contributed by atoms with Crippen LogP contribution in [0.5, 0.6) is 0 Å². The third-order valence-corrected chi connectivity index (χ3v) is 14.2. The molecule has 0 N–H and O–H groups in total. The van der Waals surface area contributed by atoms with Crippen LogP contribution in [0.1, 0.15) is 36.8 Å². The van der Waals surface area contributed by atoms with Crippen molar-refractivity contribution in [2.75, 3.05) is 4.90 Å². The summed E-state index contributed by atoms with van der Waals surface area (Å²) in [4.78, 5) is 2.53. The van der Waals surface area contributed by atoms with Crippen LogP contribution in [0.4, 0.5) is 17.1 Å². The van der Waals surface area contributed by atoms with Crippen LogP contribution >= 0.6 is 0 Å². The highest BCUT2D eigenvalue weighted by molar-refractivity contribution is 5.98. The molecule has 0 aromatic heterocycles. The Bertz CT molecular complexity index is 3070. The van der Waals surface area contributed by atoms with Crippen molar-refractivity contribution in [1.29, 1.82) is 0 Å². The molecule has 0 saturated heterocycles. The van der Waals surface area contributed by atoms with E-state index in [0.717, 1.165) is 17.3 Å². The molecular formula is C59H45N. The van der Waals surface area contributed by atoms with Gasteiger partial charge in [0.05, 0.1) is 5.69 Å². The van der Waals surface area contributed by atoms with Gasteiger partial charge in [-0.2, -0.15) is 0 Å². The van der Waals surface area contributed by atoms with Gasteiger partial charge in [-0.25, -0.2) is 0 Å². The molecule has 0 amide bonds. The molecule has 12 rings (SSSR count). The molecule has 0 radical (unpaired) electrons. The van der Waals surface area contributed by atoms with Gasteiger partial charge in [-0.3, -0.25) is 0 Å². The van der Waals surface area contributed by atoms with Gasteiger partial charge in [0.1, 0.15) is 0 Å². The van der Waals surface area contributed by atoms with Crippen LogP contribution in [0.3, 0.4) is 0 Å². The van der Waals surface area contributed by atoms with E-state index in [1.165, 1.54) is 103 Å². The Morgan fingerprint density at radius 2 is 0.950 bits per heavy atom. The molecule has 9 aromatic rings. The lowest BCUT2D eigenvalue weighted by Gasteiger charge is -2.37. The van der Waals surface area contributed by atoms with Gasteiger partial charge in [0.25, 0.3) is 0 Å². The van der Waals surface area contributed by atoms with Crippen LogP contribution in [0.15, 0.2) is 212 Å². The molecule has 0 aliphatic heterocycles. The summed E-state index contributed by atoms with van der Waals surface area (Å²) in [5.41, 5.74) is 19.3. The fourth-order valence-corrected chi connectivity index (χ4v) is 11.6. The molecule has 1 heteroatoms. The summed E-state index contributed by atoms with van der Waals surface area (Å²) >= 11 is 0. The Morgan fingerprint density at radius 3 is 1.70 bits per heavy atom. The minimum Gasteiger partial charge on any atom is -0.310 e. The third kappa shape index (κ3) is 5.53. The van der Waals surface area contributed by atoms with Crippen molar-refractivity contribution < 1.29 is 0 Å². The maximum Gasteiger partial charge on any atom is 0.0540 e. The summed E-state index contributed by atoms with van der Waals surface area (Å²) in [7, 11) is 0. The number of para-hydroxylation sites is 1. The summed E-state index contributed by atoms with van der Waals surface area (Å²) in [6.45, 7) is 0. The Labute approximate surface area is 353 Å². The van der Waals surface area contributed by atoms with Gasteiger partial charge in [0, 0.05) is 22.4 Å². The molecule has 3 aliphatic carbocycles. The van der Waals surface area contributed by atoms with Crippen molar-refractivity contribution in [2.45, 2.75) is 31.1 Å². The van der Waals surface area contributed by atoms with Gasteiger partial charge < -0.3 is 4.90 Å². The van der Waals surface area contributed by atoms with Gasteiger partial charge in [0.15, 0.2) is 0 Å². The summed E-state index contributed by atoms with van der Waals surface area (Å²) in [6.07, 6.45) is 5.31. The average Bonchev–Trinajstić information content (AvgIpc) is 4.02. The zero-order chi connectivity index (χ0) is 39.6. The summed E-state index contributed by atoms with van der Waals surface area (Å²) in [5.74, 6) is 1.51. The molecule has 2 fully saturated rings. The largest absolute Gasteiger partial charge is 0.310 e. The molecule has 3 atom stereocenters. The lowest BCUT2D eigenvalue weighted by atomic mass is 9.67. The fraction of sp³-hybridized carbons (Fsp3) is 0.119. The minimum atomic E-state index is 0.0870. The van der Waals surface area contributed by atoms with Crippen molar-refractivity contribution in [1.82, 2.24) is 0 Å². The van der Waals surface area contributed by atoms with E-state index >= 15 is 0 Å². The summed E-state index contributed by atoms with van der Waals surface area (Å²) in [6, 6.07) is 79.1. The molecule has 3 aliphatic rings. The molecule has 9 aromatic carbocycles. The summed E-state index contributed by atoms with van der Waals surface area (Å²) in [5, 5.41) is 2.52. The topological polar surface area (TPSA) is 3.24 Å². The molecule has 1 nitrogen and oxygen atoms in total. The number of hydrogen-bond acceptors (Lipinski definition) is 1. The Balaban J connectivity index is 1.05. The van der Waals surface area contributed by atoms with Crippen molar-refractivity contribution in [3.63, 3.8) is 0 Å². The highest BCUT2D eigenvalue weighted by Crippen LogP contribution is 2.66. The van der Waals surface area contributed by atoms with Crippen LogP contribution in [0.2, 0.25) is 0 Å². The van der Waals surface area contributed by atoms with Gasteiger partial charge >= 0.3 is 0 Å². The smallest absolute Gasteiger partial charge is 0.0540 e. The van der Waals surface area contributed by atoms with E-state index in [1.54, 1.807) is 5.56 Å². The van der Waals surface area contributed by atoms with Gasteiger partial charge in [-0.05, 0) is 139 Å². The quantitative estimate of drug-likeness (QED) is 0.156. The van der Waals surface area contributed by atoms with E-state index in [2.05, 4.69) is 217 Å². The highest BCUT2D eigenvalue weighted by atomic mass is 15.1. The lowest BCUT2D eigenvalue weighted by molar-refractivity contribution is 0.327. The first kappa shape index (κ1) is 35.0. The summed E-state index contributed by atoms with van der Waals surface area (Å²) < 4.78 is 0. The average molecular weight is 768 g/mol. The first-order valence-electron chi connectivity index (χ1n) is 21.7. The van der Waals surface area contributed by atoms with Crippen LogP contribution in [-0.2, 0) is 5.41 Å². The number of nitrogens with zero attached hydrogens (tertiary/aromatic N) is 1. The predicted octanol–water partition coefficient (Wildman–Crippen LogP) is 16.1. The molecule has 286 valence electrons. The Kier molecular flexibility index (Phi) is 8.23. The molecule has 1 spiro atoms. The SMILES string of the molecule is c1ccc(-c2ccccc2-c2ccccc2-c2ccccc2N(c2ccc(-c3ccc4ccccc4c3)cc2)c2ccc3c(c2)C2(CC4CCC2C4)c2ccccc2-3)cc1. The second-order valence-corrected chi connectivity index (χ2v) is 17.2. The monoisotopic (exact) mass is 767 g/mol. The van der Waals surface area contributed by atoms with Gasteiger partial charge in [0.2, 0.25) is 0 Å². The van der Waals surface area contributed by atoms with Crippen molar-refractivity contribution in [2.24, 2.45) is 11.8 Å². The van der Waals surface area contributed by atoms with Crippen LogP contribution in [0, 0.1) is 11.8 Å². The number of hydrogen-bond donors (Lipinski definition) is 0. The Hall–Kier alpha value is -6.96. The zero-order valence-electron chi connectivity index (χ0n) is 33.6.